The summed E-state index contributed by atoms with van der Waals surface area (Å²) in [5, 5.41) is 11.4. The minimum absolute atomic E-state index is 0.0624. The number of hydrogen-bond donors (Lipinski definition) is 1. The van der Waals surface area contributed by atoms with Crippen molar-refractivity contribution in [1.29, 1.82) is 5.26 Å². The van der Waals surface area contributed by atoms with Gasteiger partial charge in [0, 0.05) is 24.9 Å². The highest BCUT2D eigenvalue weighted by atomic mass is 16.5. The Kier molecular flexibility index (Phi) is 3.92. The molecule has 1 N–H and O–H groups in total. The Morgan fingerprint density at radius 1 is 1.60 bits per heavy atom. The van der Waals surface area contributed by atoms with Crippen LogP contribution in [0.1, 0.15) is 25.3 Å². The average Bonchev–Trinajstić information content (AvgIpc) is 2.25. The van der Waals surface area contributed by atoms with Gasteiger partial charge >= 0.3 is 0 Å². The number of rotatable bonds is 4. The van der Waals surface area contributed by atoms with E-state index in [1.165, 1.54) is 0 Å². The minimum atomic E-state index is 0.0624. The van der Waals surface area contributed by atoms with Gasteiger partial charge in [0.05, 0.1) is 0 Å². The van der Waals surface area contributed by atoms with Crippen molar-refractivity contribution in [3.63, 3.8) is 0 Å². The van der Waals surface area contributed by atoms with Gasteiger partial charge in [-0.1, -0.05) is 13.8 Å². The average molecular weight is 205 g/mol. The van der Waals surface area contributed by atoms with Gasteiger partial charge in [-0.2, -0.15) is 5.26 Å². The molecule has 0 amide bonds. The molecular weight excluding hydrogens is 190 g/mol. The lowest BCUT2D eigenvalue weighted by Crippen LogP contribution is -2.02. The van der Waals surface area contributed by atoms with Gasteiger partial charge < -0.3 is 10.1 Å². The summed E-state index contributed by atoms with van der Waals surface area (Å²) in [4.78, 5) is 4.21. The second-order valence-electron chi connectivity index (χ2n) is 3.46. The van der Waals surface area contributed by atoms with Crippen LogP contribution in [0.2, 0.25) is 0 Å². The Hall–Kier alpha value is -1.76. The molecule has 0 aliphatic carbocycles. The van der Waals surface area contributed by atoms with Gasteiger partial charge in [-0.3, -0.25) is 0 Å². The molecule has 0 fully saturated rings. The first-order valence-electron chi connectivity index (χ1n) is 4.86. The lowest BCUT2D eigenvalue weighted by molar-refractivity contribution is 0.362. The first kappa shape index (κ1) is 11.3. The van der Waals surface area contributed by atoms with Crippen LogP contribution in [0.15, 0.2) is 12.3 Å². The summed E-state index contributed by atoms with van der Waals surface area (Å²) in [7, 11) is 1.80. The van der Waals surface area contributed by atoms with Gasteiger partial charge in [0.15, 0.2) is 6.61 Å². The molecule has 80 valence electrons. The molecule has 0 radical (unpaired) electrons. The lowest BCUT2D eigenvalue weighted by Gasteiger charge is -2.12. The molecule has 0 aliphatic heterocycles. The van der Waals surface area contributed by atoms with E-state index in [1.807, 2.05) is 12.1 Å². The van der Waals surface area contributed by atoms with Crippen LogP contribution in [0, 0.1) is 11.3 Å². The molecule has 0 unspecified atom stereocenters. The van der Waals surface area contributed by atoms with E-state index in [0.717, 1.165) is 17.1 Å². The van der Waals surface area contributed by atoms with Crippen LogP contribution in [-0.4, -0.2) is 18.6 Å². The summed E-state index contributed by atoms with van der Waals surface area (Å²) < 4.78 is 5.35. The third-order valence-corrected chi connectivity index (χ3v) is 2.07. The van der Waals surface area contributed by atoms with Gasteiger partial charge in [-0.15, -0.1) is 0 Å². The number of aromatic nitrogens is 1. The molecule has 0 saturated carbocycles. The van der Waals surface area contributed by atoms with E-state index in [9.17, 15) is 0 Å². The smallest absolute Gasteiger partial charge is 0.174 e. The Labute approximate surface area is 89.9 Å². The molecule has 4 heteroatoms. The zero-order valence-corrected chi connectivity index (χ0v) is 9.24. The molecule has 4 nitrogen and oxygen atoms in total. The maximum Gasteiger partial charge on any atom is 0.174 e. The fourth-order valence-corrected chi connectivity index (χ4v) is 1.25. The van der Waals surface area contributed by atoms with Crippen molar-refractivity contribution in [3.05, 3.63) is 17.8 Å². The highest BCUT2D eigenvalue weighted by molar-refractivity contribution is 5.45. The van der Waals surface area contributed by atoms with Crippen LogP contribution in [0.25, 0.3) is 0 Å². The number of nitrogens with one attached hydrogen (secondary N) is 1. The van der Waals surface area contributed by atoms with Crippen molar-refractivity contribution in [1.82, 2.24) is 4.98 Å². The Balaban J connectivity index is 3.00. The molecule has 1 aromatic rings. The van der Waals surface area contributed by atoms with Crippen LogP contribution >= 0.6 is 0 Å². The van der Waals surface area contributed by atoms with E-state index in [0.29, 0.717) is 5.92 Å². The second kappa shape index (κ2) is 5.20. The predicted octanol–water partition coefficient (Wildman–Crippen LogP) is 2.15. The minimum Gasteiger partial charge on any atom is -0.478 e. The van der Waals surface area contributed by atoms with Crippen LogP contribution in [-0.2, 0) is 0 Å². The maximum absolute atomic E-state index is 8.48. The largest absolute Gasteiger partial charge is 0.478 e. The highest BCUT2D eigenvalue weighted by Crippen LogP contribution is 2.27. The standard InChI is InChI=1S/C11H15N3O/c1-8(2)9-7-14-11(13-3)6-10(9)15-5-4-12/h6-8H,5H2,1-3H3,(H,13,14). The topological polar surface area (TPSA) is 57.9 Å². The maximum atomic E-state index is 8.48. The first-order chi connectivity index (χ1) is 7.19. The molecule has 0 bridgehead atoms. The molecule has 0 atom stereocenters. The van der Waals surface area contributed by atoms with E-state index in [2.05, 4.69) is 24.1 Å². The van der Waals surface area contributed by atoms with Crippen molar-refractivity contribution in [3.8, 4) is 11.8 Å². The van der Waals surface area contributed by atoms with Crippen molar-refractivity contribution in [2.24, 2.45) is 0 Å². The number of ether oxygens (including phenoxy) is 1. The second-order valence-corrected chi connectivity index (χ2v) is 3.46. The van der Waals surface area contributed by atoms with Crippen molar-refractivity contribution in [2.75, 3.05) is 19.0 Å². The zero-order chi connectivity index (χ0) is 11.3. The molecule has 0 aliphatic rings. The molecule has 1 rings (SSSR count). The summed E-state index contributed by atoms with van der Waals surface area (Å²) in [5.74, 6) is 1.80. The van der Waals surface area contributed by atoms with Crippen LogP contribution in [0.4, 0.5) is 5.82 Å². The normalized spacial score (nSPS) is 9.80. The van der Waals surface area contributed by atoms with E-state index in [1.54, 1.807) is 13.2 Å². The highest BCUT2D eigenvalue weighted by Gasteiger charge is 2.09. The predicted molar refractivity (Wildman–Crippen MR) is 59.0 cm³/mol. The van der Waals surface area contributed by atoms with Gasteiger partial charge in [-0.25, -0.2) is 4.98 Å². The Morgan fingerprint density at radius 2 is 2.33 bits per heavy atom. The number of nitrogens with zero attached hydrogens (tertiary/aromatic N) is 2. The summed E-state index contributed by atoms with van der Waals surface area (Å²) in [6.45, 7) is 4.19. The fourth-order valence-electron chi connectivity index (χ4n) is 1.25. The lowest BCUT2D eigenvalue weighted by atomic mass is 10.0. The zero-order valence-electron chi connectivity index (χ0n) is 9.24. The Morgan fingerprint density at radius 3 is 2.87 bits per heavy atom. The van der Waals surface area contributed by atoms with Gasteiger partial charge in [0.25, 0.3) is 0 Å². The van der Waals surface area contributed by atoms with Crippen molar-refractivity contribution in [2.45, 2.75) is 19.8 Å². The third-order valence-electron chi connectivity index (χ3n) is 2.07. The van der Waals surface area contributed by atoms with Crippen LogP contribution in [0.5, 0.6) is 5.75 Å². The van der Waals surface area contributed by atoms with E-state index in [4.69, 9.17) is 10.00 Å². The molecule has 1 heterocycles. The van der Waals surface area contributed by atoms with Crippen molar-refractivity contribution < 1.29 is 4.74 Å². The molecule has 0 saturated heterocycles. The van der Waals surface area contributed by atoms with Gasteiger partial charge in [0.2, 0.25) is 0 Å². The molecule has 0 spiro atoms. The molecule has 0 aromatic carbocycles. The molecular formula is C11H15N3O. The third kappa shape index (κ3) is 2.84. The fraction of sp³-hybridized carbons (Fsp3) is 0.455. The quantitative estimate of drug-likeness (QED) is 0.818. The number of hydrogen-bond acceptors (Lipinski definition) is 4. The van der Waals surface area contributed by atoms with E-state index < -0.39 is 0 Å². The number of pyridine rings is 1. The van der Waals surface area contributed by atoms with E-state index in [-0.39, 0.29) is 6.61 Å². The van der Waals surface area contributed by atoms with Gasteiger partial charge in [-0.05, 0) is 5.92 Å². The number of nitriles is 1. The Bertz CT molecular complexity index is 369. The van der Waals surface area contributed by atoms with E-state index >= 15 is 0 Å². The summed E-state index contributed by atoms with van der Waals surface area (Å²) in [6, 6.07) is 3.77. The molecule has 15 heavy (non-hydrogen) atoms. The first-order valence-corrected chi connectivity index (χ1v) is 4.86. The number of anilines is 1. The SMILES string of the molecule is CNc1cc(OCC#N)c(C(C)C)cn1. The monoisotopic (exact) mass is 205 g/mol. The molecule has 1 aromatic heterocycles. The van der Waals surface area contributed by atoms with Crippen LogP contribution in [0.3, 0.4) is 0 Å². The summed E-state index contributed by atoms with van der Waals surface area (Å²) >= 11 is 0. The van der Waals surface area contributed by atoms with Crippen molar-refractivity contribution >= 4 is 5.82 Å². The van der Waals surface area contributed by atoms with Crippen LogP contribution < -0.4 is 10.1 Å². The summed E-state index contributed by atoms with van der Waals surface area (Å²) in [5.41, 5.74) is 1.02. The summed E-state index contributed by atoms with van der Waals surface area (Å²) in [6.07, 6.45) is 1.78. The van der Waals surface area contributed by atoms with Gasteiger partial charge in [0.1, 0.15) is 17.6 Å².